The van der Waals surface area contributed by atoms with Crippen molar-refractivity contribution >= 4 is 18.3 Å². The van der Waals surface area contributed by atoms with Gasteiger partial charge in [-0.15, -0.1) is 12.4 Å². The van der Waals surface area contributed by atoms with Crippen LogP contribution in [-0.4, -0.2) is 39.3 Å². The number of piperidine rings is 1. The van der Waals surface area contributed by atoms with Crippen LogP contribution in [0.1, 0.15) is 28.8 Å². The Morgan fingerprint density at radius 1 is 1.25 bits per heavy atom. The highest BCUT2D eigenvalue weighted by Gasteiger charge is 2.33. The smallest absolute Gasteiger partial charge is 0.384 e. The molecule has 0 atom stereocenters. The third kappa shape index (κ3) is 5.36. The number of hydrogen-bond acceptors (Lipinski definition) is 3. The third-order valence-electron chi connectivity index (χ3n) is 4.21. The monoisotopic (exact) mass is 366 g/mol. The van der Waals surface area contributed by atoms with Crippen LogP contribution in [-0.2, 0) is 10.9 Å². The minimum absolute atomic E-state index is 0. The Labute approximate surface area is 145 Å². The third-order valence-corrected chi connectivity index (χ3v) is 4.21. The fraction of sp³-hybridized carbons (Fsp3) is 0.562. The molecule has 0 radical (unpaired) electrons. The summed E-state index contributed by atoms with van der Waals surface area (Å²) in [6.07, 6.45) is -2.63. The molecule has 4 nitrogen and oxygen atoms in total. The number of ether oxygens (including phenoxy) is 1. The molecule has 1 aromatic rings. The molecule has 8 heteroatoms. The molecule has 1 fully saturated rings. The Bertz CT molecular complexity index is 524. The van der Waals surface area contributed by atoms with Gasteiger partial charge >= 0.3 is 6.18 Å². The van der Waals surface area contributed by atoms with E-state index in [1.54, 1.807) is 7.11 Å². The van der Waals surface area contributed by atoms with Crippen molar-refractivity contribution in [3.05, 3.63) is 35.4 Å². The molecule has 0 aromatic heterocycles. The van der Waals surface area contributed by atoms with Crippen LogP contribution in [0.2, 0.25) is 0 Å². The summed E-state index contributed by atoms with van der Waals surface area (Å²) < 4.78 is 42.9. The zero-order valence-electron chi connectivity index (χ0n) is 13.4. The summed E-state index contributed by atoms with van der Waals surface area (Å²) in [5.74, 6) is -0.368. The van der Waals surface area contributed by atoms with Crippen LogP contribution in [0.5, 0.6) is 0 Å². The lowest BCUT2D eigenvalue weighted by Gasteiger charge is -2.37. The minimum Gasteiger partial charge on any atom is -0.384 e. The molecule has 0 unspecified atom stereocenters. The highest BCUT2D eigenvalue weighted by atomic mass is 35.5. The van der Waals surface area contributed by atoms with Gasteiger partial charge in [0.15, 0.2) is 0 Å². The van der Waals surface area contributed by atoms with Crippen molar-refractivity contribution in [3.63, 3.8) is 0 Å². The topological polar surface area (TPSA) is 50.4 Å². The predicted octanol–water partition coefficient (Wildman–Crippen LogP) is 2.87. The second-order valence-electron chi connectivity index (χ2n) is 5.94. The van der Waals surface area contributed by atoms with Crippen molar-refractivity contribution in [2.75, 3.05) is 33.4 Å². The molecule has 1 aromatic carbocycles. The normalized spacial score (nSPS) is 17.0. The Morgan fingerprint density at radius 2 is 1.83 bits per heavy atom. The van der Waals surface area contributed by atoms with Gasteiger partial charge in [-0.25, -0.2) is 0 Å². The number of methoxy groups -OCH3 is 1. The van der Waals surface area contributed by atoms with Crippen LogP contribution in [0.25, 0.3) is 0 Å². The average Bonchev–Trinajstić information content (AvgIpc) is 2.53. The first kappa shape index (κ1) is 20.7. The molecule has 2 rings (SSSR count). The van der Waals surface area contributed by atoms with E-state index < -0.39 is 11.7 Å². The second kappa shape index (κ2) is 8.69. The van der Waals surface area contributed by atoms with E-state index >= 15 is 0 Å². The number of hydrogen-bond donors (Lipinski definition) is 2. The Balaban J connectivity index is 0.00000288. The summed E-state index contributed by atoms with van der Waals surface area (Å²) >= 11 is 0. The van der Waals surface area contributed by atoms with Gasteiger partial charge in [0, 0.05) is 24.6 Å². The number of amides is 1. The minimum atomic E-state index is -4.40. The Morgan fingerprint density at radius 3 is 2.33 bits per heavy atom. The first-order valence-electron chi connectivity index (χ1n) is 7.51. The van der Waals surface area contributed by atoms with E-state index in [9.17, 15) is 18.0 Å². The molecule has 136 valence electrons. The summed E-state index contributed by atoms with van der Waals surface area (Å²) in [7, 11) is 1.63. The number of rotatable bonds is 5. The standard InChI is InChI=1S/C16H21F3N2O2.ClH/c1-23-11-15(6-8-20-9-7-15)10-21-14(22)12-2-4-13(5-3-12)16(17,18)19;/h2-5,20H,6-11H2,1H3,(H,21,22);1H. The largest absolute Gasteiger partial charge is 0.416 e. The number of carbonyl (C=O) groups excluding carboxylic acids is 1. The Kier molecular flexibility index (Phi) is 7.51. The van der Waals surface area contributed by atoms with E-state index in [0.717, 1.165) is 38.1 Å². The van der Waals surface area contributed by atoms with Gasteiger partial charge in [-0.3, -0.25) is 4.79 Å². The molecule has 0 saturated carbocycles. The van der Waals surface area contributed by atoms with E-state index in [2.05, 4.69) is 10.6 Å². The maximum atomic E-state index is 12.5. The quantitative estimate of drug-likeness (QED) is 0.842. The lowest BCUT2D eigenvalue weighted by Crippen LogP contribution is -2.47. The zero-order chi connectivity index (χ0) is 16.9. The van der Waals surface area contributed by atoms with Gasteiger partial charge in [0.05, 0.1) is 12.2 Å². The molecule has 1 saturated heterocycles. The molecular weight excluding hydrogens is 345 g/mol. The molecule has 1 aliphatic heterocycles. The fourth-order valence-corrected chi connectivity index (χ4v) is 2.82. The lowest BCUT2D eigenvalue weighted by molar-refractivity contribution is -0.137. The summed E-state index contributed by atoms with van der Waals surface area (Å²) in [6, 6.07) is 4.24. The van der Waals surface area contributed by atoms with Crippen molar-refractivity contribution in [3.8, 4) is 0 Å². The van der Waals surface area contributed by atoms with E-state index in [4.69, 9.17) is 4.74 Å². The number of halogens is 4. The van der Waals surface area contributed by atoms with E-state index in [-0.39, 0.29) is 29.3 Å². The molecule has 0 bridgehead atoms. The summed E-state index contributed by atoms with van der Waals surface area (Å²) in [6.45, 7) is 2.71. The van der Waals surface area contributed by atoms with Gasteiger partial charge in [-0.05, 0) is 50.2 Å². The molecule has 24 heavy (non-hydrogen) atoms. The second-order valence-corrected chi connectivity index (χ2v) is 5.94. The predicted molar refractivity (Wildman–Crippen MR) is 87.4 cm³/mol. The maximum absolute atomic E-state index is 12.5. The molecular formula is C16H22ClF3N2O2. The summed E-state index contributed by atoms with van der Waals surface area (Å²) in [5, 5.41) is 6.09. The summed E-state index contributed by atoms with van der Waals surface area (Å²) in [4.78, 5) is 12.1. The van der Waals surface area contributed by atoms with Crippen LogP contribution in [0.15, 0.2) is 24.3 Å². The van der Waals surface area contributed by atoms with Gasteiger partial charge in [0.1, 0.15) is 0 Å². The first-order valence-corrected chi connectivity index (χ1v) is 7.51. The molecule has 0 aliphatic carbocycles. The van der Waals surface area contributed by atoms with E-state index in [1.165, 1.54) is 12.1 Å². The highest BCUT2D eigenvalue weighted by Crippen LogP contribution is 2.30. The number of nitrogens with one attached hydrogen (secondary N) is 2. The van der Waals surface area contributed by atoms with E-state index in [0.29, 0.717) is 13.2 Å². The van der Waals surface area contributed by atoms with Crippen molar-refractivity contribution in [1.29, 1.82) is 0 Å². The summed E-state index contributed by atoms with van der Waals surface area (Å²) in [5.41, 5.74) is -0.663. The molecule has 1 aliphatic rings. The first-order chi connectivity index (χ1) is 10.9. The highest BCUT2D eigenvalue weighted by molar-refractivity contribution is 5.94. The van der Waals surface area contributed by atoms with Crippen LogP contribution in [0.4, 0.5) is 13.2 Å². The number of carbonyl (C=O) groups is 1. The number of alkyl halides is 3. The van der Waals surface area contributed by atoms with Crippen LogP contribution in [0.3, 0.4) is 0 Å². The fourth-order valence-electron chi connectivity index (χ4n) is 2.82. The Hall–Kier alpha value is -1.31. The van der Waals surface area contributed by atoms with Crippen molar-refractivity contribution in [2.24, 2.45) is 5.41 Å². The van der Waals surface area contributed by atoms with Gasteiger partial charge in [0.2, 0.25) is 0 Å². The van der Waals surface area contributed by atoms with Crippen molar-refractivity contribution in [2.45, 2.75) is 19.0 Å². The average molecular weight is 367 g/mol. The lowest BCUT2D eigenvalue weighted by atomic mass is 9.79. The van der Waals surface area contributed by atoms with Crippen molar-refractivity contribution < 1.29 is 22.7 Å². The van der Waals surface area contributed by atoms with Crippen LogP contribution >= 0.6 is 12.4 Å². The zero-order valence-corrected chi connectivity index (χ0v) is 14.2. The van der Waals surface area contributed by atoms with E-state index in [1.807, 2.05) is 0 Å². The van der Waals surface area contributed by atoms with Gasteiger partial charge in [-0.1, -0.05) is 0 Å². The van der Waals surface area contributed by atoms with Gasteiger partial charge in [-0.2, -0.15) is 13.2 Å². The van der Waals surface area contributed by atoms with Gasteiger partial charge in [0.25, 0.3) is 5.91 Å². The molecule has 2 N–H and O–H groups in total. The molecule has 0 spiro atoms. The molecule has 1 heterocycles. The van der Waals surface area contributed by atoms with Crippen LogP contribution < -0.4 is 10.6 Å². The van der Waals surface area contributed by atoms with Crippen LogP contribution in [0, 0.1) is 5.41 Å². The SMILES string of the molecule is COCC1(CNC(=O)c2ccc(C(F)(F)F)cc2)CCNCC1.Cl. The van der Waals surface area contributed by atoms with Crippen molar-refractivity contribution in [1.82, 2.24) is 10.6 Å². The van der Waals surface area contributed by atoms with Gasteiger partial charge < -0.3 is 15.4 Å². The maximum Gasteiger partial charge on any atom is 0.416 e. The number of benzene rings is 1. The molecule has 1 amide bonds.